The van der Waals surface area contributed by atoms with Crippen LogP contribution >= 0.6 is 0 Å². The van der Waals surface area contributed by atoms with Gasteiger partial charge in [-0.2, -0.15) is 0 Å². The average molecular weight is 223 g/mol. The predicted molar refractivity (Wildman–Crippen MR) is 70.3 cm³/mol. The van der Waals surface area contributed by atoms with E-state index in [1.165, 1.54) is 57.8 Å². The molecule has 16 heavy (non-hydrogen) atoms. The zero-order valence-electron chi connectivity index (χ0n) is 11.2. The first-order valence-corrected chi connectivity index (χ1v) is 7.43. The Morgan fingerprint density at radius 1 is 1.19 bits per heavy atom. The molecular weight excluding hydrogens is 194 g/mol. The molecule has 0 spiro atoms. The SMILES string of the molecule is CCC1CCCC(C2(N)CCCC(C)C2)C1. The van der Waals surface area contributed by atoms with Gasteiger partial charge in [0, 0.05) is 5.54 Å². The molecule has 1 heteroatoms. The van der Waals surface area contributed by atoms with Crippen molar-refractivity contribution in [2.45, 2.75) is 77.2 Å². The van der Waals surface area contributed by atoms with Gasteiger partial charge in [0.1, 0.15) is 0 Å². The summed E-state index contributed by atoms with van der Waals surface area (Å²) in [6.45, 7) is 4.74. The fourth-order valence-electron chi connectivity index (χ4n) is 4.19. The second-order valence-corrected chi connectivity index (χ2v) is 6.57. The van der Waals surface area contributed by atoms with E-state index in [-0.39, 0.29) is 5.54 Å². The van der Waals surface area contributed by atoms with Crippen LogP contribution in [-0.4, -0.2) is 5.54 Å². The van der Waals surface area contributed by atoms with Gasteiger partial charge in [-0.25, -0.2) is 0 Å². The van der Waals surface area contributed by atoms with E-state index in [2.05, 4.69) is 13.8 Å². The molecule has 4 unspecified atom stereocenters. The molecule has 94 valence electrons. The molecule has 0 radical (unpaired) electrons. The van der Waals surface area contributed by atoms with Gasteiger partial charge in [-0.3, -0.25) is 0 Å². The molecule has 4 atom stereocenters. The quantitative estimate of drug-likeness (QED) is 0.749. The van der Waals surface area contributed by atoms with Crippen LogP contribution in [0.5, 0.6) is 0 Å². The smallest absolute Gasteiger partial charge is 0.0185 e. The van der Waals surface area contributed by atoms with E-state index in [0.717, 1.165) is 17.8 Å². The predicted octanol–water partition coefficient (Wildman–Crippen LogP) is 4.11. The van der Waals surface area contributed by atoms with Crippen molar-refractivity contribution in [1.82, 2.24) is 0 Å². The Hall–Kier alpha value is -0.0400. The summed E-state index contributed by atoms with van der Waals surface area (Å²) in [6.07, 6.45) is 12.4. The highest BCUT2D eigenvalue weighted by Crippen LogP contribution is 2.43. The highest BCUT2D eigenvalue weighted by molar-refractivity contribution is 4.97. The summed E-state index contributed by atoms with van der Waals surface area (Å²) in [4.78, 5) is 0. The molecule has 2 rings (SSSR count). The minimum atomic E-state index is 0.200. The van der Waals surface area contributed by atoms with Gasteiger partial charge < -0.3 is 5.73 Å². The molecule has 0 aromatic carbocycles. The first-order chi connectivity index (χ1) is 7.64. The summed E-state index contributed by atoms with van der Waals surface area (Å²) in [5, 5.41) is 0. The Morgan fingerprint density at radius 2 is 2.00 bits per heavy atom. The average Bonchev–Trinajstić information content (AvgIpc) is 2.29. The van der Waals surface area contributed by atoms with Crippen LogP contribution in [0.1, 0.15) is 71.6 Å². The lowest BCUT2D eigenvalue weighted by molar-refractivity contribution is 0.104. The normalized spacial score (nSPS) is 45.6. The van der Waals surface area contributed by atoms with Gasteiger partial charge in [0.2, 0.25) is 0 Å². The molecule has 2 aliphatic carbocycles. The van der Waals surface area contributed by atoms with Crippen molar-refractivity contribution in [1.29, 1.82) is 0 Å². The number of hydrogen-bond acceptors (Lipinski definition) is 1. The number of hydrogen-bond donors (Lipinski definition) is 1. The van der Waals surface area contributed by atoms with Crippen LogP contribution < -0.4 is 5.73 Å². The number of rotatable bonds is 2. The van der Waals surface area contributed by atoms with Gasteiger partial charge in [0.25, 0.3) is 0 Å². The van der Waals surface area contributed by atoms with Crippen LogP contribution in [0.25, 0.3) is 0 Å². The summed E-state index contributed by atoms with van der Waals surface area (Å²) in [5.74, 6) is 2.66. The monoisotopic (exact) mass is 223 g/mol. The van der Waals surface area contributed by atoms with E-state index in [0.29, 0.717) is 0 Å². The minimum absolute atomic E-state index is 0.200. The van der Waals surface area contributed by atoms with E-state index in [1.807, 2.05) is 0 Å². The van der Waals surface area contributed by atoms with Crippen molar-refractivity contribution in [3.05, 3.63) is 0 Å². The van der Waals surface area contributed by atoms with Gasteiger partial charge >= 0.3 is 0 Å². The molecule has 2 aliphatic rings. The summed E-state index contributed by atoms with van der Waals surface area (Å²) >= 11 is 0. The topological polar surface area (TPSA) is 26.0 Å². The van der Waals surface area contributed by atoms with Crippen LogP contribution in [0, 0.1) is 17.8 Å². The van der Waals surface area contributed by atoms with Crippen LogP contribution in [0.2, 0.25) is 0 Å². The first kappa shape index (κ1) is 12.4. The molecule has 0 amide bonds. The fourth-order valence-corrected chi connectivity index (χ4v) is 4.19. The Kier molecular flexibility index (Phi) is 3.94. The summed E-state index contributed by atoms with van der Waals surface area (Å²) in [7, 11) is 0. The van der Waals surface area contributed by atoms with Crippen molar-refractivity contribution < 1.29 is 0 Å². The van der Waals surface area contributed by atoms with Crippen molar-refractivity contribution >= 4 is 0 Å². The standard InChI is InChI=1S/C15H29N/c1-3-13-7-4-8-14(10-13)15(16)9-5-6-12(2)11-15/h12-14H,3-11,16H2,1-2H3. The lowest BCUT2D eigenvalue weighted by atomic mass is 9.64. The third-order valence-corrected chi connectivity index (χ3v) is 5.24. The molecule has 0 aromatic heterocycles. The maximum atomic E-state index is 6.74. The van der Waals surface area contributed by atoms with Crippen LogP contribution in [-0.2, 0) is 0 Å². The van der Waals surface area contributed by atoms with E-state index < -0.39 is 0 Å². The zero-order valence-corrected chi connectivity index (χ0v) is 11.2. The van der Waals surface area contributed by atoms with Crippen molar-refractivity contribution in [3.8, 4) is 0 Å². The lowest BCUT2D eigenvalue weighted by Crippen LogP contribution is -2.51. The van der Waals surface area contributed by atoms with E-state index in [4.69, 9.17) is 5.73 Å². The Labute approximate surface area is 101 Å². The maximum absolute atomic E-state index is 6.74. The van der Waals surface area contributed by atoms with Crippen molar-refractivity contribution in [3.63, 3.8) is 0 Å². The summed E-state index contributed by atoms with van der Waals surface area (Å²) in [6, 6.07) is 0. The number of nitrogens with two attached hydrogens (primary N) is 1. The van der Waals surface area contributed by atoms with Gasteiger partial charge in [0.05, 0.1) is 0 Å². The maximum Gasteiger partial charge on any atom is 0.0185 e. The third kappa shape index (κ3) is 2.61. The minimum Gasteiger partial charge on any atom is -0.325 e. The zero-order chi connectivity index (χ0) is 11.6. The second kappa shape index (κ2) is 5.08. The largest absolute Gasteiger partial charge is 0.325 e. The molecule has 2 saturated carbocycles. The fraction of sp³-hybridized carbons (Fsp3) is 1.00. The molecule has 2 fully saturated rings. The Balaban J connectivity index is 1.98. The molecular formula is C15H29N. The van der Waals surface area contributed by atoms with E-state index in [9.17, 15) is 0 Å². The Morgan fingerprint density at radius 3 is 2.69 bits per heavy atom. The van der Waals surface area contributed by atoms with Crippen LogP contribution in [0.4, 0.5) is 0 Å². The molecule has 2 N–H and O–H groups in total. The molecule has 0 heterocycles. The highest BCUT2D eigenvalue weighted by Gasteiger charge is 2.40. The Bertz CT molecular complexity index is 225. The van der Waals surface area contributed by atoms with Crippen molar-refractivity contribution in [2.75, 3.05) is 0 Å². The molecule has 1 nitrogen and oxygen atoms in total. The van der Waals surface area contributed by atoms with Gasteiger partial charge in [-0.15, -0.1) is 0 Å². The molecule has 0 saturated heterocycles. The van der Waals surface area contributed by atoms with E-state index >= 15 is 0 Å². The molecule has 0 aliphatic heterocycles. The van der Waals surface area contributed by atoms with E-state index in [1.54, 1.807) is 0 Å². The van der Waals surface area contributed by atoms with Gasteiger partial charge in [-0.05, 0) is 43.4 Å². The first-order valence-electron chi connectivity index (χ1n) is 7.43. The molecule has 0 bridgehead atoms. The van der Waals surface area contributed by atoms with Crippen LogP contribution in [0.15, 0.2) is 0 Å². The summed E-state index contributed by atoms with van der Waals surface area (Å²) in [5.41, 5.74) is 6.94. The third-order valence-electron chi connectivity index (χ3n) is 5.24. The lowest BCUT2D eigenvalue weighted by Gasteiger charge is -2.46. The van der Waals surface area contributed by atoms with Gasteiger partial charge in [0.15, 0.2) is 0 Å². The van der Waals surface area contributed by atoms with Crippen molar-refractivity contribution in [2.24, 2.45) is 23.5 Å². The summed E-state index contributed by atoms with van der Waals surface area (Å²) < 4.78 is 0. The molecule has 0 aromatic rings. The van der Waals surface area contributed by atoms with Crippen LogP contribution in [0.3, 0.4) is 0 Å². The highest BCUT2D eigenvalue weighted by atomic mass is 14.8. The van der Waals surface area contributed by atoms with Gasteiger partial charge in [-0.1, -0.05) is 46.0 Å². The second-order valence-electron chi connectivity index (χ2n) is 6.57.